The molecule has 2 rings (SSSR count). The molecule has 1 heterocycles. The number of nitrogens with one attached hydrogen (secondary N) is 1. The largest absolute Gasteiger partial charge is 0.364 e. The molecule has 0 unspecified atom stereocenters. The van der Waals surface area contributed by atoms with Crippen LogP contribution in [0.3, 0.4) is 0 Å². The molecule has 1 aromatic heterocycles. The van der Waals surface area contributed by atoms with Crippen LogP contribution < -0.4 is 5.32 Å². The van der Waals surface area contributed by atoms with Crippen LogP contribution in [-0.2, 0) is 0 Å². The highest BCUT2D eigenvalue weighted by atomic mass is 35.5. The summed E-state index contributed by atoms with van der Waals surface area (Å²) in [7, 11) is 0. The lowest BCUT2D eigenvalue weighted by Crippen LogP contribution is -2.11. The van der Waals surface area contributed by atoms with Crippen LogP contribution in [0.1, 0.15) is 27.7 Å². The molecular formula is C12H17ClN4O2. The van der Waals surface area contributed by atoms with E-state index in [1.807, 2.05) is 0 Å². The molecule has 19 heavy (non-hydrogen) atoms. The number of nitro groups is 1. The van der Waals surface area contributed by atoms with Gasteiger partial charge in [-0.25, -0.2) is 4.98 Å². The van der Waals surface area contributed by atoms with Crippen molar-refractivity contribution in [2.45, 2.75) is 27.7 Å². The molecule has 0 atom stereocenters. The first-order chi connectivity index (χ1) is 8.68. The molecule has 0 spiro atoms. The summed E-state index contributed by atoms with van der Waals surface area (Å²) in [5.41, 5.74) is 0.276. The van der Waals surface area contributed by atoms with Gasteiger partial charge < -0.3 is 5.32 Å². The number of hydrogen-bond acceptors (Lipinski definition) is 5. The van der Waals surface area contributed by atoms with E-state index in [1.165, 1.54) is 0 Å². The van der Waals surface area contributed by atoms with Crippen molar-refractivity contribution in [2.24, 2.45) is 16.7 Å². The fourth-order valence-electron chi connectivity index (χ4n) is 2.66. The normalized spacial score (nSPS) is 20.1. The van der Waals surface area contributed by atoms with Crippen molar-refractivity contribution in [3.63, 3.8) is 0 Å². The van der Waals surface area contributed by atoms with E-state index in [4.69, 9.17) is 11.6 Å². The third kappa shape index (κ3) is 2.25. The Morgan fingerprint density at radius 3 is 2.47 bits per heavy atom. The van der Waals surface area contributed by atoms with Crippen molar-refractivity contribution in [1.82, 2.24) is 9.97 Å². The SMILES string of the molecule is CC1(C)C(CNc2nc(Cl)ncc2[N+](=O)[O-])C1(C)C. The summed E-state index contributed by atoms with van der Waals surface area (Å²) >= 11 is 5.68. The van der Waals surface area contributed by atoms with Gasteiger partial charge in [0.2, 0.25) is 11.1 Å². The third-order valence-electron chi connectivity index (χ3n) is 4.73. The second-order valence-corrected chi connectivity index (χ2v) is 6.34. The number of aromatic nitrogens is 2. The molecule has 1 fully saturated rings. The van der Waals surface area contributed by atoms with Crippen molar-refractivity contribution >= 4 is 23.1 Å². The Bertz CT molecular complexity index is 516. The Kier molecular flexibility index (Phi) is 3.16. The van der Waals surface area contributed by atoms with Crippen molar-refractivity contribution in [3.05, 3.63) is 21.6 Å². The first kappa shape index (κ1) is 14.0. The van der Waals surface area contributed by atoms with Gasteiger partial charge in [0.25, 0.3) is 0 Å². The maximum Gasteiger partial charge on any atom is 0.329 e. The third-order valence-corrected chi connectivity index (χ3v) is 4.91. The van der Waals surface area contributed by atoms with Crippen LogP contribution in [0.15, 0.2) is 6.20 Å². The van der Waals surface area contributed by atoms with E-state index >= 15 is 0 Å². The maximum absolute atomic E-state index is 10.9. The zero-order chi connectivity index (χ0) is 14.4. The Hall–Kier alpha value is -1.43. The highest BCUT2D eigenvalue weighted by Gasteiger charge is 2.64. The molecule has 1 aliphatic rings. The van der Waals surface area contributed by atoms with Gasteiger partial charge in [-0.05, 0) is 28.3 Å². The van der Waals surface area contributed by atoms with Crippen LogP contribution in [0.2, 0.25) is 5.28 Å². The lowest BCUT2D eigenvalue weighted by atomic mass is 10.0. The summed E-state index contributed by atoms with van der Waals surface area (Å²) in [5, 5.41) is 13.9. The summed E-state index contributed by atoms with van der Waals surface area (Å²) in [4.78, 5) is 17.9. The van der Waals surface area contributed by atoms with Crippen molar-refractivity contribution in [1.29, 1.82) is 0 Å². The fourth-order valence-corrected chi connectivity index (χ4v) is 2.79. The number of halogens is 1. The molecule has 1 aromatic rings. The second-order valence-electron chi connectivity index (χ2n) is 6.01. The van der Waals surface area contributed by atoms with Crippen molar-refractivity contribution < 1.29 is 4.92 Å². The molecule has 1 saturated carbocycles. The highest BCUT2D eigenvalue weighted by Crippen LogP contribution is 2.68. The Balaban J connectivity index is 2.13. The number of anilines is 1. The molecule has 0 radical (unpaired) electrons. The fraction of sp³-hybridized carbons (Fsp3) is 0.667. The monoisotopic (exact) mass is 284 g/mol. The molecular weight excluding hydrogens is 268 g/mol. The second kappa shape index (κ2) is 4.30. The van der Waals surface area contributed by atoms with E-state index in [-0.39, 0.29) is 27.6 Å². The minimum atomic E-state index is -0.512. The van der Waals surface area contributed by atoms with Gasteiger partial charge in [0.1, 0.15) is 6.20 Å². The summed E-state index contributed by atoms with van der Waals surface area (Å²) in [5.74, 6) is 0.622. The maximum atomic E-state index is 10.9. The van der Waals surface area contributed by atoms with Gasteiger partial charge >= 0.3 is 5.69 Å². The summed E-state index contributed by atoms with van der Waals surface area (Å²) < 4.78 is 0. The molecule has 6 nitrogen and oxygen atoms in total. The number of nitrogens with zero attached hydrogens (tertiary/aromatic N) is 3. The zero-order valence-electron chi connectivity index (χ0n) is 11.4. The van der Waals surface area contributed by atoms with Crippen LogP contribution in [-0.4, -0.2) is 21.4 Å². The average Bonchev–Trinajstić information content (AvgIpc) is 2.66. The van der Waals surface area contributed by atoms with E-state index < -0.39 is 4.92 Å². The first-order valence-corrected chi connectivity index (χ1v) is 6.46. The van der Waals surface area contributed by atoms with E-state index in [0.717, 1.165) is 6.20 Å². The number of hydrogen-bond donors (Lipinski definition) is 1. The van der Waals surface area contributed by atoms with Gasteiger partial charge in [-0.2, -0.15) is 4.98 Å². The van der Waals surface area contributed by atoms with Gasteiger partial charge in [0.05, 0.1) is 4.92 Å². The molecule has 0 amide bonds. The molecule has 0 aromatic carbocycles. The van der Waals surface area contributed by atoms with Gasteiger partial charge in [-0.3, -0.25) is 10.1 Å². The topological polar surface area (TPSA) is 81.0 Å². The first-order valence-electron chi connectivity index (χ1n) is 6.08. The van der Waals surface area contributed by atoms with Crippen LogP contribution >= 0.6 is 11.6 Å². The van der Waals surface area contributed by atoms with Crippen molar-refractivity contribution in [3.8, 4) is 0 Å². The van der Waals surface area contributed by atoms with Gasteiger partial charge in [0.15, 0.2) is 0 Å². The van der Waals surface area contributed by atoms with E-state index in [9.17, 15) is 10.1 Å². The van der Waals surface area contributed by atoms with E-state index in [2.05, 4.69) is 43.0 Å². The quantitative estimate of drug-likeness (QED) is 0.522. The summed E-state index contributed by atoms with van der Waals surface area (Å²) in [6.45, 7) is 9.41. The predicted octanol–water partition coefficient (Wildman–Crippen LogP) is 3.13. The molecule has 0 bridgehead atoms. The van der Waals surface area contributed by atoms with Crippen LogP contribution in [0.4, 0.5) is 11.5 Å². The van der Waals surface area contributed by atoms with E-state index in [0.29, 0.717) is 12.5 Å². The highest BCUT2D eigenvalue weighted by molar-refractivity contribution is 6.28. The predicted molar refractivity (Wildman–Crippen MR) is 73.2 cm³/mol. The molecule has 104 valence electrons. The van der Waals surface area contributed by atoms with Gasteiger partial charge in [-0.15, -0.1) is 0 Å². The van der Waals surface area contributed by atoms with Crippen molar-refractivity contribution in [2.75, 3.05) is 11.9 Å². The molecule has 0 saturated heterocycles. The summed E-state index contributed by atoms with van der Waals surface area (Å²) in [6.07, 6.45) is 1.13. The minimum absolute atomic E-state index is 0.00224. The molecule has 0 aliphatic heterocycles. The Morgan fingerprint density at radius 1 is 1.42 bits per heavy atom. The number of rotatable bonds is 4. The zero-order valence-corrected chi connectivity index (χ0v) is 12.2. The van der Waals surface area contributed by atoms with Crippen LogP contribution in [0.5, 0.6) is 0 Å². The Morgan fingerprint density at radius 2 is 2.00 bits per heavy atom. The standard InChI is InChI=1S/C12H17ClN4O2/c1-11(2)8(12(11,3)4)6-14-9-7(17(18)19)5-15-10(13)16-9/h5,8H,6H2,1-4H3,(H,14,15,16). The lowest BCUT2D eigenvalue weighted by Gasteiger charge is -2.07. The van der Waals surface area contributed by atoms with Crippen LogP contribution in [0.25, 0.3) is 0 Å². The molecule has 7 heteroatoms. The lowest BCUT2D eigenvalue weighted by molar-refractivity contribution is -0.384. The molecule has 1 N–H and O–H groups in total. The summed E-state index contributed by atoms with van der Waals surface area (Å²) in [6, 6.07) is 0. The van der Waals surface area contributed by atoms with Crippen LogP contribution in [0, 0.1) is 26.9 Å². The minimum Gasteiger partial charge on any atom is -0.364 e. The van der Waals surface area contributed by atoms with Gasteiger partial charge in [-0.1, -0.05) is 27.7 Å². The molecule has 1 aliphatic carbocycles. The smallest absolute Gasteiger partial charge is 0.329 e. The Labute approximate surface area is 116 Å². The van der Waals surface area contributed by atoms with Gasteiger partial charge in [0, 0.05) is 6.54 Å². The van der Waals surface area contributed by atoms with E-state index in [1.54, 1.807) is 0 Å². The average molecular weight is 285 g/mol.